The van der Waals surface area contributed by atoms with Gasteiger partial charge in [0.25, 0.3) is 17.7 Å². The van der Waals surface area contributed by atoms with Crippen molar-refractivity contribution in [3.63, 3.8) is 0 Å². The molecule has 0 radical (unpaired) electrons. The van der Waals surface area contributed by atoms with Crippen molar-refractivity contribution in [1.82, 2.24) is 25.0 Å². The third-order valence-corrected chi connectivity index (χ3v) is 9.22. The molecule has 254 valence electrons. The Labute approximate surface area is 277 Å². The van der Waals surface area contributed by atoms with Crippen molar-refractivity contribution in [2.24, 2.45) is 0 Å². The minimum absolute atomic E-state index is 0.0505. The SMILES string of the molecule is CCCN(CCC)C(=O)c1cc(C(=O)NC(Cc2ccc(O)cc2)C(O)CN(C)NC(=O)c2ccccc2)cc(S(=O)(=O)N(C)C)c1. The van der Waals surface area contributed by atoms with Gasteiger partial charge in [0.05, 0.1) is 17.0 Å². The number of benzene rings is 3. The van der Waals surface area contributed by atoms with E-state index in [1.807, 2.05) is 13.8 Å². The first-order chi connectivity index (χ1) is 22.3. The number of carbonyl (C=O) groups excluding carboxylic acids is 3. The monoisotopic (exact) mass is 667 g/mol. The number of likely N-dealkylation sites (N-methyl/N-ethyl adjacent to an activating group) is 1. The lowest BCUT2D eigenvalue weighted by Gasteiger charge is -2.28. The minimum atomic E-state index is -4.02. The van der Waals surface area contributed by atoms with Crippen LogP contribution in [0.1, 0.15) is 63.3 Å². The first kappa shape index (κ1) is 37.2. The zero-order valence-corrected chi connectivity index (χ0v) is 28.3. The molecule has 47 heavy (non-hydrogen) atoms. The van der Waals surface area contributed by atoms with Crippen LogP contribution < -0.4 is 10.7 Å². The molecule has 0 heterocycles. The molecule has 0 aliphatic rings. The summed E-state index contributed by atoms with van der Waals surface area (Å²) in [5, 5.41) is 25.3. The molecular weight excluding hydrogens is 622 g/mol. The first-order valence-electron chi connectivity index (χ1n) is 15.5. The summed E-state index contributed by atoms with van der Waals surface area (Å²) in [6.07, 6.45) is 0.321. The number of phenolic OH excluding ortho intramolecular Hbond substituents is 1. The van der Waals surface area contributed by atoms with E-state index < -0.39 is 34.0 Å². The highest BCUT2D eigenvalue weighted by molar-refractivity contribution is 7.89. The van der Waals surface area contributed by atoms with E-state index in [2.05, 4.69) is 10.7 Å². The van der Waals surface area contributed by atoms with Crippen molar-refractivity contribution in [3.05, 3.63) is 95.1 Å². The van der Waals surface area contributed by atoms with Crippen LogP contribution in [-0.2, 0) is 16.4 Å². The number of hydrogen-bond acceptors (Lipinski definition) is 8. The largest absolute Gasteiger partial charge is 0.508 e. The molecule has 0 spiro atoms. The number of rotatable bonds is 16. The number of aliphatic hydroxyl groups is 1. The Bertz CT molecular complexity index is 1610. The fourth-order valence-corrected chi connectivity index (χ4v) is 5.93. The first-order valence-corrected chi connectivity index (χ1v) is 16.9. The quantitative estimate of drug-likeness (QED) is 0.170. The molecule has 0 fully saturated rings. The van der Waals surface area contributed by atoms with Gasteiger partial charge >= 0.3 is 0 Å². The van der Waals surface area contributed by atoms with Gasteiger partial charge < -0.3 is 20.4 Å². The summed E-state index contributed by atoms with van der Waals surface area (Å²) in [6, 6.07) is 17.8. The van der Waals surface area contributed by atoms with Crippen LogP contribution in [0.4, 0.5) is 0 Å². The zero-order valence-electron chi connectivity index (χ0n) is 27.5. The predicted molar refractivity (Wildman–Crippen MR) is 179 cm³/mol. The van der Waals surface area contributed by atoms with Crippen molar-refractivity contribution < 1.29 is 33.0 Å². The molecule has 0 aliphatic heterocycles. The molecule has 12 nitrogen and oxygen atoms in total. The van der Waals surface area contributed by atoms with Gasteiger partial charge in [0, 0.05) is 57.5 Å². The van der Waals surface area contributed by atoms with Crippen molar-refractivity contribution in [1.29, 1.82) is 0 Å². The van der Waals surface area contributed by atoms with Crippen LogP contribution in [0.3, 0.4) is 0 Å². The summed E-state index contributed by atoms with van der Waals surface area (Å²) in [5.74, 6) is -1.42. The van der Waals surface area contributed by atoms with Crippen molar-refractivity contribution in [2.75, 3.05) is 40.8 Å². The maximum atomic E-state index is 13.8. The van der Waals surface area contributed by atoms with Crippen LogP contribution in [0.2, 0.25) is 0 Å². The zero-order chi connectivity index (χ0) is 34.7. The fraction of sp³-hybridized carbons (Fsp3) is 0.382. The van der Waals surface area contributed by atoms with E-state index in [9.17, 15) is 33.0 Å². The van der Waals surface area contributed by atoms with Gasteiger partial charge in [-0.2, -0.15) is 0 Å². The summed E-state index contributed by atoms with van der Waals surface area (Å²) < 4.78 is 27.4. The summed E-state index contributed by atoms with van der Waals surface area (Å²) in [6.45, 7) is 4.73. The van der Waals surface area contributed by atoms with E-state index in [1.165, 1.54) is 49.4 Å². The highest BCUT2D eigenvalue weighted by Crippen LogP contribution is 2.21. The van der Waals surface area contributed by atoms with E-state index in [4.69, 9.17) is 0 Å². The Hall–Kier alpha value is -4.30. The second kappa shape index (κ2) is 17.0. The Balaban J connectivity index is 1.95. The number of carbonyl (C=O) groups is 3. The van der Waals surface area contributed by atoms with Crippen molar-refractivity contribution in [2.45, 2.75) is 50.2 Å². The van der Waals surface area contributed by atoms with Crippen molar-refractivity contribution in [3.8, 4) is 5.75 Å². The lowest BCUT2D eigenvalue weighted by Crippen LogP contribution is -2.52. The third kappa shape index (κ3) is 10.3. The van der Waals surface area contributed by atoms with Gasteiger partial charge in [-0.3, -0.25) is 19.8 Å². The van der Waals surface area contributed by atoms with Crippen LogP contribution >= 0.6 is 0 Å². The van der Waals surface area contributed by atoms with Gasteiger partial charge in [0.15, 0.2) is 0 Å². The number of phenols is 1. The lowest BCUT2D eigenvalue weighted by atomic mass is 10.00. The van der Waals surface area contributed by atoms with E-state index in [1.54, 1.807) is 54.4 Å². The van der Waals surface area contributed by atoms with Crippen LogP contribution in [0.5, 0.6) is 5.75 Å². The average molecular weight is 668 g/mol. The Kier molecular flexibility index (Phi) is 13.5. The molecule has 0 saturated carbocycles. The number of aliphatic hydroxyl groups excluding tert-OH is 1. The maximum absolute atomic E-state index is 13.8. The predicted octanol–water partition coefficient (Wildman–Crippen LogP) is 2.88. The smallest absolute Gasteiger partial charge is 0.265 e. The molecule has 3 rings (SSSR count). The molecular formula is C34H45N5O7S. The standard InChI is InChI=1S/C34H45N5O7S/c1-6-17-39(18-7-2)34(44)27-20-26(21-29(22-27)47(45,46)37(3)4)32(42)35-30(19-24-13-15-28(40)16-14-24)31(41)23-38(5)36-33(43)25-11-9-8-10-12-25/h8-16,20-22,30-31,40-41H,6-7,17-19,23H2,1-5H3,(H,35,42)(H,36,43). The van der Waals surface area contributed by atoms with Gasteiger partial charge in [-0.25, -0.2) is 17.7 Å². The van der Waals surface area contributed by atoms with Gasteiger partial charge in [-0.05, 0) is 67.3 Å². The number of nitrogens with zero attached hydrogens (tertiary/aromatic N) is 3. The van der Waals surface area contributed by atoms with E-state index in [0.717, 1.165) is 4.31 Å². The third-order valence-electron chi connectivity index (χ3n) is 7.43. The Morgan fingerprint density at radius 2 is 1.40 bits per heavy atom. The second-order valence-electron chi connectivity index (χ2n) is 11.5. The van der Waals surface area contributed by atoms with Gasteiger partial charge in [-0.1, -0.05) is 44.2 Å². The Morgan fingerprint density at radius 1 is 0.809 bits per heavy atom. The molecule has 0 aromatic heterocycles. The van der Waals surface area contributed by atoms with Crippen LogP contribution in [-0.4, -0.2) is 103 Å². The number of nitrogens with one attached hydrogen (secondary N) is 2. The summed E-state index contributed by atoms with van der Waals surface area (Å²) in [7, 11) is 0.279. The van der Waals surface area contributed by atoms with Gasteiger partial charge in [-0.15, -0.1) is 0 Å². The van der Waals surface area contributed by atoms with Crippen molar-refractivity contribution >= 4 is 27.7 Å². The molecule has 13 heteroatoms. The summed E-state index contributed by atoms with van der Waals surface area (Å²) in [4.78, 5) is 41.4. The average Bonchev–Trinajstić information content (AvgIpc) is 3.04. The number of aromatic hydroxyl groups is 1. The number of amides is 3. The summed E-state index contributed by atoms with van der Waals surface area (Å²) >= 11 is 0. The maximum Gasteiger partial charge on any atom is 0.265 e. The lowest BCUT2D eigenvalue weighted by molar-refractivity contribution is 0.0542. The number of hydrogen-bond donors (Lipinski definition) is 4. The second-order valence-corrected chi connectivity index (χ2v) is 13.7. The van der Waals surface area contributed by atoms with E-state index in [-0.39, 0.29) is 40.6 Å². The number of sulfonamides is 1. The topological polar surface area (TPSA) is 160 Å². The molecule has 0 saturated heterocycles. The Morgan fingerprint density at radius 3 is 1.98 bits per heavy atom. The highest BCUT2D eigenvalue weighted by Gasteiger charge is 2.28. The van der Waals surface area contributed by atoms with E-state index >= 15 is 0 Å². The van der Waals surface area contributed by atoms with Gasteiger partial charge in [0.1, 0.15) is 5.75 Å². The molecule has 4 N–H and O–H groups in total. The minimum Gasteiger partial charge on any atom is -0.508 e. The van der Waals surface area contributed by atoms with Crippen LogP contribution in [0, 0.1) is 0 Å². The summed E-state index contributed by atoms with van der Waals surface area (Å²) in [5.41, 5.74) is 3.80. The fourth-order valence-electron chi connectivity index (χ4n) is 4.95. The van der Waals surface area contributed by atoms with Crippen LogP contribution in [0.25, 0.3) is 0 Å². The molecule has 2 unspecified atom stereocenters. The molecule has 2 atom stereocenters. The highest BCUT2D eigenvalue weighted by atomic mass is 32.2. The molecule has 3 aromatic rings. The van der Waals surface area contributed by atoms with E-state index in [0.29, 0.717) is 37.1 Å². The molecule has 3 aromatic carbocycles. The van der Waals surface area contributed by atoms with Crippen LogP contribution in [0.15, 0.2) is 77.7 Å². The molecule has 3 amide bonds. The number of hydrazine groups is 1. The van der Waals surface area contributed by atoms with Gasteiger partial charge in [0.2, 0.25) is 10.0 Å². The molecule has 0 aliphatic carbocycles. The normalized spacial score (nSPS) is 12.9. The molecule has 0 bridgehead atoms.